The van der Waals surface area contributed by atoms with E-state index in [1.807, 2.05) is 17.5 Å². The summed E-state index contributed by atoms with van der Waals surface area (Å²) in [6.45, 7) is 0.192. The number of sulfone groups is 1. The molecule has 134 valence electrons. The fraction of sp³-hybridized carbons (Fsp3) is 0.400. The molecule has 1 aromatic rings. The maximum absolute atomic E-state index is 12.4. The van der Waals surface area contributed by atoms with Crippen molar-refractivity contribution in [1.29, 1.82) is 0 Å². The zero-order chi connectivity index (χ0) is 18.0. The Hall–Kier alpha value is -1.23. The predicted octanol–water partition coefficient (Wildman–Crippen LogP) is 1.64. The molecule has 6 nitrogen and oxygen atoms in total. The number of carbonyl (C=O) groups is 2. The average Bonchev–Trinajstić information content (AvgIpc) is 3.21. The number of thioether (sulfide) groups is 1. The van der Waals surface area contributed by atoms with Gasteiger partial charge in [-0.25, -0.2) is 8.42 Å². The minimum Gasteiger partial charge on any atom is -0.352 e. The van der Waals surface area contributed by atoms with Crippen LogP contribution in [-0.4, -0.2) is 53.5 Å². The molecule has 10 heteroatoms. The van der Waals surface area contributed by atoms with Crippen LogP contribution < -0.4 is 5.32 Å². The largest absolute Gasteiger partial charge is 0.352 e. The summed E-state index contributed by atoms with van der Waals surface area (Å²) < 4.78 is 23.3. The topological polar surface area (TPSA) is 83.6 Å². The molecule has 3 rings (SSSR count). The number of hydrogen-bond acceptors (Lipinski definition) is 7. The monoisotopic (exact) mass is 416 g/mol. The lowest BCUT2D eigenvalue weighted by Crippen LogP contribution is -2.38. The quantitative estimate of drug-likeness (QED) is 0.580. The SMILES string of the molecule is O=C(CCN1C(=O)C(=Cc2cccs2)SC1=S)NC1CCS(=O)(=O)C1. The molecule has 0 saturated carbocycles. The molecule has 1 N–H and O–H groups in total. The molecule has 2 amide bonds. The Morgan fingerprint density at radius 3 is 2.92 bits per heavy atom. The van der Waals surface area contributed by atoms with Gasteiger partial charge in [0.15, 0.2) is 9.84 Å². The number of amides is 2. The van der Waals surface area contributed by atoms with E-state index in [4.69, 9.17) is 12.2 Å². The molecule has 0 aliphatic carbocycles. The Bertz CT molecular complexity index is 830. The number of thiophene rings is 1. The minimum atomic E-state index is -3.03. The van der Waals surface area contributed by atoms with Crippen LogP contribution in [0.3, 0.4) is 0 Å². The molecular formula is C15H16N2O4S4. The molecule has 2 aliphatic heterocycles. The van der Waals surface area contributed by atoms with Gasteiger partial charge in [0.25, 0.3) is 5.91 Å². The molecule has 1 unspecified atom stereocenters. The number of carbonyl (C=O) groups excluding carboxylic acids is 2. The molecule has 0 aromatic carbocycles. The van der Waals surface area contributed by atoms with Crippen LogP contribution in [0.5, 0.6) is 0 Å². The molecule has 0 bridgehead atoms. The summed E-state index contributed by atoms with van der Waals surface area (Å²) in [6, 6.07) is 3.49. The van der Waals surface area contributed by atoms with Gasteiger partial charge in [-0.2, -0.15) is 0 Å². The summed E-state index contributed by atoms with van der Waals surface area (Å²) in [6.07, 6.45) is 2.33. The third-order valence-corrected chi connectivity index (χ3v) is 7.82. The average molecular weight is 417 g/mol. The lowest BCUT2D eigenvalue weighted by Gasteiger charge is -2.15. The zero-order valence-corrected chi connectivity index (χ0v) is 16.4. The first-order chi connectivity index (χ1) is 11.8. The Morgan fingerprint density at radius 2 is 2.28 bits per heavy atom. The summed E-state index contributed by atoms with van der Waals surface area (Å²) in [4.78, 5) is 27.4. The summed E-state index contributed by atoms with van der Waals surface area (Å²) in [5.41, 5.74) is 0. The highest BCUT2D eigenvalue weighted by atomic mass is 32.2. The van der Waals surface area contributed by atoms with Crippen molar-refractivity contribution in [2.24, 2.45) is 0 Å². The van der Waals surface area contributed by atoms with Crippen LogP contribution in [0.15, 0.2) is 22.4 Å². The van der Waals surface area contributed by atoms with Crippen molar-refractivity contribution in [3.8, 4) is 0 Å². The second-order valence-electron chi connectivity index (χ2n) is 5.77. The molecule has 2 saturated heterocycles. The van der Waals surface area contributed by atoms with E-state index in [2.05, 4.69) is 5.32 Å². The smallest absolute Gasteiger partial charge is 0.266 e. The van der Waals surface area contributed by atoms with E-state index in [1.165, 1.54) is 28.0 Å². The van der Waals surface area contributed by atoms with Gasteiger partial charge in [0, 0.05) is 23.9 Å². The number of thiocarbonyl (C=S) groups is 1. The van der Waals surface area contributed by atoms with Gasteiger partial charge in [-0.1, -0.05) is 30.0 Å². The van der Waals surface area contributed by atoms with Gasteiger partial charge in [-0.05, 0) is 23.9 Å². The van der Waals surface area contributed by atoms with Crippen molar-refractivity contribution in [1.82, 2.24) is 10.2 Å². The summed E-state index contributed by atoms with van der Waals surface area (Å²) >= 11 is 8.00. The number of nitrogens with zero attached hydrogens (tertiary/aromatic N) is 1. The maximum Gasteiger partial charge on any atom is 0.266 e. The molecule has 2 aliphatic rings. The van der Waals surface area contributed by atoms with E-state index >= 15 is 0 Å². The molecule has 25 heavy (non-hydrogen) atoms. The molecule has 2 fully saturated rings. The van der Waals surface area contributed by atoms with Gasteiger partial charge >= 0.3 is 0 Å². The van der Waals surface area contributed by atoms with Gasteiger partial charge in [-0.3, -0.25) is 14.5 Å². The second kappa shape index (κ2) is 7.56. The van der Waals surface area contributed by atoms with Crippen LogP contribution in [0.1, 0.15) is 17.7 Å². The first kappa shape index (κ1) is 18.6. The highest BCUT2D eigenvalue weighted by Gasteiger charge is 2.33. The van der Waals surface area contributed by atoms with E-state index < -0.39 is 9.84 Å². The fourth-order valence-electron chi connectivity index (χ4n) is 2.62. The van der Waals surface area contributed by atoms with Gasteiger partial charge in [-0.15, -0.1) is 11.3 Å². The number of rotatable bonds is 5. The van der Waals surface area contributed by atoms with Gasteiger partial charge in [0.05, 0.1) is 16.4 Å². The normalized spacial score (nSPS) is 24.2. The van der Waals surface area contributed by atoms with Crippen LogP contribution in [0.25, 0.3) is 6.08 Å². The van der Waals surface area contributed by atoms with Gasteiger partial charge in [0.1, 0.15) is 4.32 Å². The van der Waals surface area contributed by atoms with Gasteiger partial charge in [0.2, 0.25) is 5.91 Å². The molecule has 3 heterocycles. The van der Waals surface area contributed by atoms with Crippen LogP contribution in [0, 0.1) is 0 Å². The highest BCUT2D eigenvalue weighted by molar-refractivity contribution is 8.26. The highest BCUT2D eigenvalue weighted by Crippen LogP contribution is 2.33. The van der Waals surface area contributed by atoms with Crippen molar-refractivity contribution >= 4 is 67.4 Å². The van der Waals surface area contributed by atoms with Crippen molar-refractivity contribution in [2.45, 2.75) is 18.9 Å². The second-order valence-corrected chi connectivity index (χ2v) is 10.7. The van der Waals surface area contributed by atoms with Crippen molar-refractivity contribution in [3.63, 3.8) is 0 Å². The fourth-order valence-corrected chi connectivity index (χ4v) is 6.32. The standard InChI is InChI=1S/C15H16N2O4S4/c18-13(16-10-4-7-25(20,21)9-10)3-5-17-14(19)12(24-15(17)22)8-11-2-1-6-23-11/h1-2,6,8,10H,3-5,7,9H2,(H,16,18). The van der Waals surface area contributed by atoms with Crippen LogP contribution in [0.2, 0.25) is 0 Å². The van der Waals surface area contributed by atoms with E-state index in [0.29, 0.717) is 15.6 Å². The lowest BCUT2D eigenvalue weighted by molar-refractivity contribution is -0.124. The Kier molecular flexibility index (Phi) is 5.62. The first-order valence-electron chi connectivity index (χ1n) is 7.63. The van der Waals surface area contributed by atoms with E-state index in [9.17, 15) is 18.0 Å². The van der Waals surface area contributed by atoms with Crippen molar-refractivity contribution in [2.75, 3.05) is 18.1 Å². The lowest BCUT2D eigenvalue weighted by atomic mass is 10.2. The van der Waals surface area contributed by atoms with Crippen molar-refractivity contribution < 1.29 is 18.0 Å². The van der Waals surface area contributed by atoms with E-state index in [0.717, 1.165) is 4.88 Å². The van der Waals surface area contributed by atoms with Crippen molar-refractivity contribution in [3.05, 3.63) is 27.3 Å². The molecule has 0 spiro atoms. The third-order valence-electron chi connectivity index (χ3n) is 3.85. The van der Waals surface area contributed by atoms with E-state index in [1.54, 1.807) is 6.08 Å². The molecular weight excluding hydrogens is 400 g/mol. The Balaban J connectivity index is 1.53. The molecule has 1 atom stereocenters. The number of nitrogens with one attached hydrogen (secondary N) is 1. The maximum atomic E-state index is 12.4. The van der Waals surface area contributed by atoms with Crippen LogP contribution in [0.4, 0.5) is 0 Å². The van der Waals surface area contributed by atoms with E-state index in [-0.39, 0.29) is 42.3 Å². The molecule has 1 aromatic heterocycles. The van der Waals surface area contributed by atoms with Crippen LogP contribution in [-0.2, 0) is 19.4 Å². The minimum absolute atomic E-state index is 0.0106. The first-order valence-corrected chi connectivity index (χ1v) is 11.6. The molecule has 0 radical (unpaired) electrons. The predicted molar refractivity (Wildman–Crippen MR) is 104 cm³/mol. The third kappa shape index (κ3) is 4.69. The zero-order valence-electron chi connectivity index (χ0n) is 13.1. The summed E-state index contributed by atoms with van der Waals surface area (Å²) in [7, 11) is -3.03. The van der Waals surface area contributed by atoms with Gasteiger partial charge < -0.3 is 5.32 Å². The Labute approximate surface area is 159 Å². The van der Waals surface area contributed by atoms with Crippen LogP contribution >= 0.6 is 35.3 Å². The number of hydrogen-bond donors (Lipinski definition) is 1. The summed E-state index contributed by atoms with van der Waals surface area (Å²) in [5, 5.41) is 4.65. The Morgan fingerprint density at radius 1 is 1.48 bits per heavy atom. The summed E-state index contributed by atoms with van der Waals surface area (Å²) in [5.74, 6) is -0.359.